The van der Waals surface area contributed by atoms with E-state index in [1.807, 2.05) is 42.5 Å². The van der Waals surface area contributed by atoms with Crippen LogP contribution in [0.1, 0.15) is 25.3 Å². The van der Waals surface area contributed by atoms with Crippen LogP contribution in [0.2, 0.25) is 0 Å². The zero-order valence-corrected chi connectivity index (χ0v) is 16.7. The number of carbonyl (C=O) groups excluding carboxylic acids is 2. The van der Waals surface area contributed by atoms with E-state index < -0.39 is 6.04 Å². The van der Waals surface area contributed by atoms with Crippen molar-refractivity contribution in [1.82, 2.24) is 5.32 Å². The van der Waals surface area contributed by atoms with Gasteiger partial charge in [0.15, 0.2) is 0 Å². The standard InChI is InChI=1S/C23H27N3O3/c1-16(24-23(28)18-13-17-7-2-3-10-21(17)29-15-18)22(27)25-19-8-6-9-20(14-19)26-11-4-5-12-26/h2-3,6-10,14,16,18H,4-5,11-13,15H2,1H3,(H,24,28)(H,25,27). The van der Waals surface area contributed by atoms with Crippen molar-refractivity contribution < 1.29 is 14.3 Å². The first-order valence-corrected chi connectivity index (χ1v) is 10.3. The lowest BCUT2D eigenvalue weighted by atomic mass is 9.96. The lowest BCUT2D eigenvalue weighted by Gasteiger charge is -2.25. The van der Waals surface area contributed by atoms with Crippen LogP contribution in [0.3, 0.4) is 0 Å². The Labute approximate surface area is 171 Å². The largest absolute Gasteiger partial charge is 0.492 e. The number of anilines is 2. The van der Waals surface area contributed by atoms with Gasteiger partial charge >= 0.3 is 0 Å². The molecule has 0 saturated carbocycles. The molecule has 6 heteroatoms. The molecular weight excluding hydrogens is 366 g/mol. The predicted octanol–water partition coefficient (Wildman–Crippen LogP) is 2.98. The van der Waals surface area contributed by atoms with Crippen molar-refractivity contribution in [1.29, 1.82) is 0 Å². The summed E-state index contributed by atoms with van der Waals surface area (Å²) in [4.78, 5) is 27.5. The molecule has 0 spiro atoms. The number of carbonyl (C=O) groups is 2. The minimum Gasteiger partial charge on any atom is -0.492 e. The molecule has 2 aliphatic rings. The van der Waals surface area contributed by atoms with Crippen molar-refractivity contribution in [3.8, 4) is 5.75 Å². The van der Waals surface area contributed by atoms with E-state index in [4.69, 9.17) is 4.74 Å². The normalized spacial score (nSPS) is 19.1. The van der Waals surface area contributed by atoms with Gasteiger partial charge in [0, 0.05) is 24.5 Å². The Kier molecular flexibility index (Phi) is 5.69. The molecule has 2 aromatic rings. The number of nitrogens with one attached hydrogen (secondary N) is 2. The topological polar surface area (TPSA) is 70.7 Å². The van der Waals surface area contributed by atoms with Crippen LogP contribution >= 0.6 is 0 Å². The highest BCUT2D eigenvalue weighted by Crippen LogP contribution is 2.27. The average Bonchev–Trinajstić information content (AvgIpc) is 3.28. The van der Waals surface area contributed by atoms with E-state index in [0.29, 0.717) is 13.0 Å². The van der Waals surface area contributed by atoms with Crippen molar-refractivity contribution in [2.45, 2.75) is 32.2 Å². The third kappa shape index (κ3) is 4.53. The van der Waals surface area contributed by atoms with Crippen LogP contribution in [-0.2, 0) is 16.0 Å². The Morgan fingerprint density at radius 2 is 1.90 bits per heavy atom. The summed E-state index contributed by atoms with van der Waals surface area (Å²) < 4.78 is 5.69. The molecule has 152 valence electrons. The molecule has 2 unspecified atom stereocenters. The summed E-state index contributed by atoms with van der Waals surface area (Å²) in [6.45, 7) is 4.14. The molecule has 2 atom stereocenters. The lowest BCUT2D eigenvalue weighted by molar-refractivity contribution is -0.130. The van der Waals surface area contributed by atoms with Gasteiger partial charge in [-0.25, -0.2) is 0 Å². The highest BCUT2D eigenvalue weighted by atomic mass is 16.5. The maximum absolute atomic E-state index is 12.6. The van der Waals surface area contributed by atoms with Crippen molar-refractivity contribution in [3.05, 3.63) is 54.1 Å². The van der Waals surface area contributed by atoms with E-state index in [-0.39, 0.29) is 17.7 Å². The zero-order chi connectivity index (χ0) is 20.2. The number of para-hydroxylation sites is 1. The third-order valence-corrected chi connectivity index (χ3v) is 5.59. The number of nitrogens with zero attached hydrogens (tertiary/aromatic N) is 1. The molecule has 0 radical (unpaired) electrons. The van der Waals surface area contributed by atoms with Crippen LogP contribution in [0.25, 0.3) is 0 Å². The Bertz CT molecular complexity index is 892. The fourth-order valence-electron chi connectivity index (χ4n) is 3.90. The summed E-state index contributed by atoms with van der Waals surface area (Å²) in [7, 11) is 0. The Balaban J connectivity index is 1.33. The Morgan fingerprint density at radius 3 is 2.72 bits per heavy atom. The molecule has 0 aliphatic carbocycles. The highest BCUT2D eigenvalue weighted by molar-refractivity contribution is 5.97. The summed E-state index contributed by atoms with van der Waals surface area (Å²) in [5.74, 6) is 0.154. The summed E-state index contributed by atoms with van der Waals surface area (Å²) in [6, 6.07) is 15.0. The fraction of sp³-hybridized carbons (Fsp3) is 0.391. The van der Waals surface area contributed by atoms with E-state index in [9.17, 15) is 9.59 Å². The van der Waals surface area contributed by atoms with E-state index in [2.05, 4.69) is 21.6 Å². The maximum Gasteiger partial charge on any atom is 0.246 e. The molecule has 0 aromatic heterocycles. The van der Waals surface area contributed by atoms with E-state index in [1.165, 1.54) is 12.8 Å². The molecule has 2 amide bonds. The van der Waals surface area contributed by atoms with Crippen LogP contribution in [-0.4, -0.2) is 37.6 Å². The number of ether oxygens (including phenoxy) is 1. The quantitative estimate of drug-likeness (QED) is 0.819. The second-order valence-corrected chi connectivity index (χ2v) is 7.78. The van der Waals surface area contributed by atoms with Gasteiger partial charge in [0.05, 0.1) is 5.92 Å². The molecule has 0 bridgehead atoms. The first-order valence-electron chi connectivity index (χ1n) is 10.3. The number of amides is 2. The molecule has 2 heterocycles. The minimum atomic E-state index is -0.630. The summed E-state index contributed by atoms with van der Waals surface area (Å²) >= 11 is 0. The molecule has 2 aromatic carbocycles. The molecule has 6 nitrogen and oxygen atoms in total. The van der Waals surface area contributed by atoms with Gasteiger partial charge in [-0.3, -0.25) is 9.59 Å². The predicted molar refractivity (Wildman–Crippen MR) is 113 cm³/mol. The van der Waals surface area contributed by atoms with Crippen LogP contribution in [0.15, 0.2) is 48.5 Å². The van der Waals surface area contributed by atoms with Crippen molar-refractivity contribution in [3.63, 3.8) is 0 Å². The molecule has 4 rings (SSSR count). The Hall–Kier alpha value is -3.02. The number of hydrogen-bond donors (Lipinski definition) is 2. The molecule has 2 aliphatic heterocycles. The van der Waals surface area contributed by atoms with E-state index in [0.717, 1.165) is 35.8 Å². The van der Waals surface area contributed by atoms with Gasteiger partial charge in [-0.2, -0.15) is 0 Å². The minimum absolute atomic E-state index is 0.159. The van der Waals surface area contributed by atoms with Gasteiger partial charge < -0.3 is 20.3 Å². The van der Waals surface area contributed by atoms with Gasteiger partial charge in [0.25, 0.3) is 0 Å². The second-order valence-electron chi connectivity index (χ2n) is 7.78. The summed E-state index contributed by atoms with van der Waals surface area (Å²) in [6.07, 6.45) is 3.03. The van der Waals surface area contributed by atoms with Crippen LogP contribution in [0, 0.1) is 5.92 Å². The molecule has 29 heavy (non-hydrogen) atoms. The first-order chi connectivity index (χ1) is 14.1. The van der Waals surface area contributed by atoms with Gasteiger partial charge in [-0.15, -0.1) is 0 Å². The van der Waals surface area contributed by atoms with Gasteiger partial charge in [-0.05, 0) is 56.0 Å². The molecule has 1 saturated heterocycles. The number of fused-ring (bicyclic) bond motifs is 1. The summed E-state index contributed by atoms with van der Waals surface area (Å²) in [5.41, 5.74) is 2.89. The second kappa shape index (κ2) is 8.55. The SMILES string of the molecule is CC(NC(=O)C1COc2ccccc2C1)C(=O)Nc1cccc(N2CCCC2)c1. The van der Waals surface area contributed by atoms with Crippen molar-refractivity contribution in [2.75, 3.05) is 29.9 Å². The first kappa shape index (κ1) is 19.3. The van der Waals surface area contributed by atoms with Gasteiger partial charge in [0.2, 0.25) is 11.8 Å². The smallest absolute Gasteiger partial charge is 0.246 e. The van der Waals surface area contributed by atoms with Gasteiger partial charge in [-0.1, -0.05) is 24.3 Å². The number of rotatable bonds is 5. The van der Waals surface area contributed by atoms with Crippen LogP contribution in [0.4, 0.5) is 11.4 Å². The van der Waals surface area contributed by atoms with Gasteiger partial charge in [0.1, 0.15) is 18.4 Å². The zero-order valence-electron chi connectivity index (χ0n) is 16.7. The van der Waals surface area contributed by atoms with E-state index in [1.54, 1.807) is 6.92 Å². The van der Waals surface area contributed by atoms with Crippen LogP contribution < -0.4 is 20.3 Å². The number of benzene rings is 2. The monoisotopic (exact) mass is 393 g/mol. The summed E-state index contributed by atoms with van der Waals surface area (Å²) in [5, 5.41) is 5.75. The maximum atomic E-state index is 12.6. The van der Waals surface area contributed by atoms with Crippen molar-refractivity contribution >= 4 is 23.2 Å². The van der Waals surface area contributed by atoms with E-state index >= 15 is 0 Å². The van der Waals surface area contributed by atoms with Crippen molar-refractivity contribution in [2.24, 2.45) is 5.92 Å². The molecule has 2 N–H and O–H groups in total. The molecular formula is C23H27N3O3. The highest BCUT2D eigenvalue weighted by Gasteiger charge is 2.28. The average molecular weight is 393 g/mol. The molecule has 1 fully saturated rings. The fourth-order valence-corrected chi connectivity index (χ4v) is 3.90. The Morgan fingerprint density at radius 1 is 1.10 bits per heavy atom. The van der Waals surface area contributed by atoms with Crippen LogP contribution in [0.5, 0.6) is 5.75 Å². The number of hydrogen-bond acceptors (Lipinski definition) is 4. The third-order valence-electron chi connectivity index (χ3n) is 5.59. The lowest BCUT2D eigenvalue weighted by Crippen LogP contribution is -2.46.